The van der Waals surface area contributed by atoms with Gasteiger partial charge in [0.2, 0.25) is 0 Å². The summed E-state index contributed by atoms with van der Waals surface area (Å²) in [6, 6.07) is 13.7. The van der Waals surface area contributed by atoms with Gasteiger partial charge in [-0.1, -0.05) is 37.6 Å². The van der Waals surface area contributed by atoms with Gasteiger partial charge in [0.15, 0.2) is 0 Å². The summed E-state index contributed by atoms with van der Waals surface area (Å²) in [6.07, 6.45) is 2.05. The molecule has 2 aromatic rings. The number of allylic oxidation sites excluding steroid dienone is 1. The third-order valence-electron chi connectivity index (χ3n) is 4.85. The minimum absolute atomic E-state index is 0.322. The molecule has 158 valence electrons. The Morgan fingerprint density at radius 2 is 1.87 bits per heavy atom. The number of nitrogens with one attached hydrogen (secondary N) is 3. The largest absolute Gasteiger partial charge is 0.495 e. The number of carbonyl (C=O) groups excluding carboxylic acids is 2. The Labute approximate surface area is 176 Å². The summed E-state index contributed by atoms with van der Waals surface area (Å²) in [4.78, 5) is 25.2. The number of unbranched alkanes of at least 4 members (excludes halogenated alkanes) is 1. The molecule has 1 heterocycles. The molecule has 0 aromatic heterocycles. The number of carbonyl (C=O) groups is 2. The van der Waals surface area contributed by atoms with Gasteiger partial charge in [0.1, 0.15) is 11.5 Å². The lowest BCUT2D eigenvalue weighted by Gasteiger charge is -2.29. The molecule has 0 spiro atoms. The van der Waals surface area contributed by atoms with Crippen molar-refractivity contribution in [1.29, 1.82) is 0 Å². The van der Waals surface area contributed by atoms with E-state index in [2.05, 4.69) is 22.9 Å². The minimum Gasteiger partial charge on any atom is -0.495 e. The van der Waals surface area contributed by atoms with Gasteiger partial charge in [0, 0.05) is 5.70 Å². The molecule has 3 amide bonds. The topological polar surface area (TPSA) is 88.7 Å². The molecule has 0 fully saturated rings. The maximum Gasteiger partial charge on any atom is 0.319 e. The van der Waals surface area contributed by atoms with Gasteiger partial charge in [0.05, 0.1) is 31.0 Å². The van der Waals surface area contributed by atoms with E-state index < -0.39 is 6.04 Å². The second kappa shape index (κ2) is 9.82. The first-order chi connectivity index (χ1) is 14.5. The Bertz CT molecular complexity index is 938. The van der Waals surface area contributed by atoms with Crippen molar-refractivity contribution < 1.29 is 19.1 Å². The number of amides is 3. The van der Waals surface area contributed by atoms with E-state index in [0.717, 1.165) is 24.2 Å². The van der Waals surface area contributed by atoms with Crippen LogP contribution in [0.5, 0.6) is 11.5 Å². The van der Waals surface area contributed by atoms with Crippen LogP contribution in [0.4, 0.5) is 10.5 Å². The molecule has 3 rings (SSSR count). The van der Waals surface area contributed by atoms with Crippen molar-refractivity contribution in [2.45, 2.75) is 32.7 Å². The first-order valence-electron chi connectivity index (χ1n) is 9.99. The van der Waals surface area contributed by atoms with E-state index >= 15 is 0 Å². The normalized spacial score (nSPS) is 15.8. The lowest BCUT2D eigenvalue weighted by atomic mass is 9.94. The van der Waals surface area contributed by atoms with Crippen LogP contribution in [0.3, 0.4) is 0 Å². The van der Waals surface area contributed by atoms with E-state index in [9.17, 15) is 9.59 Å². The SMILES string of the molecule is CCCCOc1ccc([C@H]2NC(=O)NC(C)=C2C(=O)Nc2ccccc2OC)cc1. The van der Waals surface area contributed by atoms with Gasteiger partial charge >= 0.3 is 6.03 Å². The number of ether oxygens (including phenoxy) is 2. The fourth-order valence-electron chi connectivity index (χ4n) is 3.27. The zero-order valence-electron chi connectivity index (χ0n) is 17.5. The maximum atomic E-state index is 13.1. The molecular weight excluding hydrogens is 382 g/mol. The van der Waals surface area contributed by atoms with Crippen LogP contribution in [0, 0.1) is 0 Å². The number of anilines is 1. The van der Waals surface area contributed by atoms with Gasteiger partial charge in [-0.2, -0.15) is 0 Å². The third kappa shape index (κ3) is 4.92. The highest BCUT2D eigenvalue weighted by atomic mass is 16.5. The zero-order valence-corrected chi connectivity index (χ0v) is 17.5. The average Bonchev–Trinajstić information content (AvgIpc) is 2.74. The van der Waals surface area contributed by atoms with Crippen molar-refractivity contribution in [3.05, 3.63) is 65.4 Å². The second-order valence-electron chi connectivity index (χ2n) is 7.00. The first-order valence-corrected chi connectivity index (χ1v) is 9.99. The van der Waals surface area contributed by atoms with Gasteiger partial charge in [-0.3, -0.25) is 4.79 Å². The molecule has 3 N–H and O–H groups in total. The molecule has 0 bridgehead atoms. The summed E-state index contributed by atoms with van der Waals surface area (Å²) in [5.41, 5.74) is 2.28. The molecule has 7 nitrogen and oxygen atoms in total. The summed E-state index contributed by atoms with van der Waals surface area (Å²) in [7, 11) is 1.55. The zero-order chi connectivity index (χ0) is 21.5. The molecule has 7 heteroatoms. The van der Waals surface area contributed by atoms with E-state index in [1.807, 2.05) is 36.4 Å². The highest BCUT2D eigenvalue weighted by Gasteiger charge is 2.31. The van der Waals surface area contributed by atoms with Crippen molar-refractivity contribution in [3.8, 4) is 11.5 Å². The summed E-state index contributed by atoms with van der Waals surface area (Å²) >= 11 is 0. The molecule has 0 saturated heterocycles. The number of benzene rings is 2. The second-order valence-corrected chi connectivity index (χ2v) is 7.00. The quantitative estimate of drug-likeness (QED) is 0.572. The fourth-order valence-corrected chi connectivity index (χ4v) is 3.27. The summed E-state index contributed by atoms with van der Waals surface area (Å²) in [6.45, 7) is 4.48. The minimum atomic E-state index is -0.585. The van der Waals surface area contributed by atoms with Crippen molar-refractivity contribution in [3.63, 3.8) is 0 Å². The number of hydrogen-bond acceptors (Lipinski definition) is 4. The van der Waals surface area contributed by atoms with E-state index in [-0.39, 0.29) is 11.9 Å². The Balaban J connectivity index is 1.84. The molecule has 30 heavy (non-hydrogen) atoms. The van der Waals surface area contributed by atoms with Gasteiger partial charge in [-0.05, 0) is 43.2 Å². The van der Waals surface area contributed by atoms with E-state index in [1.54, 1.807) is 26.2 Å². The highest BCUT2D eigenvalue weighted by Crippen LogP contribution is 2.30. The third-order valence-corrected chi connectivity index (χ3v) is 4.85. The van der Waals surface area contributed by atoms with Crippen molar-refractivity contribution >= 4 is 17.6 Å². The number of para-hydroxylation sites is 2. The van der Waals surface area contributed by atoms with Crippen molar-refractivity contribution in [1.82, 2.24) is 10.6 Å². The van der Waals surface area contributed by atoms with Crippen LogP contribution in [0.25, 0.3) is 0 Å². The smallest absolute Gasteiger partial charge is 0.319 e. The standard InChI is InChI=1S/C23H27N3O4/c1-4-5-14-30-17-12-10-16(11-13-17)21-20(15(2)24-23(28)26-21)22(27)25-18-8-6-7-9-19(18)29-3/h6-13,21H,4-5,14H2,1-3H3,(H,25,27)(H2,24,26,28)/t21-/m1/s1. The molecule has 1 aliphatic heterocycles. The first kappa shape index (κ1) is 21.2. The predicted molar refractivity (Wildman–Crippen MR) is 116 cm³/mol. The van der Waals surface area contributed by atoms with Crippen LogP contribution >= 0.6 is 0 Å². The molecule has 1 atom stereocenters. The van der Waals surface area contributed by atoms with Crippen LogP contribution in [0.1, 0.15) is 38.3 Å². The van der Waals surface area contributed by atoms with E-state index in [4.69, 9.17) is 9.47 Å². The summed E-state index contributed by atoms with van der Waals surface area (Å²) in [5, 5.41) is 8.41. The Morgan fingerprint density at radius 3 is 2.57 bits per heavy atom. The highest BCUT2D eigenvalue weighted by molar-refractivity contribution is 6.07. The number of methoxy groups -OCH3 is 1. The maximum absolute atomic E-state index is 13.1. The van der Waals surface area contributed by atoms with Crippen molar-refractivity contribution in [2.24, 2.45) is 0 Å². The van der Waals surface area contributed by atoms with Crippen LogP contribution in [0.2, 0.25) is 0 Å². The monoisotopic (exact) mass is 409 g/mol. The lowest BCUT2D eigenvalue weighted by Crippen LogP contribution is -2.45. The fraction of sp³-hybridized carbons (Fsp3) is 0.304. The number of hydrogen-bond donors (Lipinski definition) is 3. The Hall–Kier alpha value is -3.48. The molecule has 1 aliphatic rings. The van der Waals surface area contributed by atoms with Gasteiger partial charge in [0.25, 0.3) is 5.91 Å². The number of rotatable bonds is 8. The van der Waals surface area contributed by atoms with Crippen LogP contribution in [-0.4, -0.2) is 25.7 Å². The summed E-state index contributed by atoms with van der Waals surface area (Å²) < 4.78 is 11.0. The van der Waals surface area contributed by atoms with E-state index in [1.165, 1.54) is 0 Å². The molecule has 0 aliphatic carbocycles. The van der Waals surface area contributed by atoms with Gasteiger partial charge in [-0.25, -0.2) is 4.79 Å². The number of urea groups is 1. The Morgan fingerprint density at radius 1 is 1.13 bits per heavy atom. The molecule has 2 aromatic carbocycles. The average molecular weight is 409 g/mol. The van der Waals surface area contributed by atoms with E-state index in [0.29, 0.717) is 29.3 Å². The van der Waals surface area contributed by atoms with Crippen LogP contribution in [-0.2, 0) is 4.79 Å². The van der Waals surface area contributed by atoms with Crippen LogP contribution in [0.15, 0.2) is 59.8 Å². The lowest BCUT2D eigenvalue weighted by molar-refractivity contribution is -0.113. The van der Waals surface area contributed by atoms with Crippen LogP contribution < -0.4 is 25.4 Å². The summed E-state index contributed by atoms with van der Waals surface area (Å²) in [5.74, 6) is 0.994. The molecule has 0 saturated carbocycles. The Kier molecular flexibility index (Phi) is 6.95. The molecule has 0 radical (unpaired) electrons. The molecular formula is C23H27N3O4. The van der Waals surface area contributed by atoms with Gasteiger partial charge < -0.3 is 25.4 Å². The van der Waals surface area contributed by atoms with Crippen molar-refractivity contribution in [2.75, 3.05) is 19.0 Å². The van der Waals surface area contributed by atoms with Gasteiger partial charge in [-0.15, -0.1) is 0 Å². The molecule has 0 unspecified atom stereocenters. The predicted octanol–water partition coefficient (Wildman–Crippen LogP) is 4.14.